The van der Waals surface area contributed by atoms with Crippen molar-refractivity contribution in [1.82, 2.24) is 19.7 Å². The molecule has 28 heavy (non-hydrogen) atoms. The summed E-state index contributed by atoms with van der Waals surface area (Å²) in [6.07, 6.45) is -7.19. The summed E-state index contributed by atoms with van der Waals surface area (Å²) in [5.41, 5.74) is -2.48. The Bertz CT molecular complexity index is 979. The predicted octanol–water partition coefficient (Wildman–Crippen LogP) is 5.60. The Morgan fingerprint density at radius 3 is 1.93 bits per heavy atom. The zero-order valence-corrected chi connectivity index (χ0v) is 15.0. The van der Waals surface area contributed by atoms with E-state index in [1.807, 2.05) is 0 Å². The number of halogens is 8. The Kier molecular flexibility index (Phi) is 5.28. The van der Waals surface area contributed by atoms with E-state index in [9.17, 15) is 26.3 Å². The van der Waals surface area contributed by atoms with Gasteiger partial charge in [0, 0.05) is 12.4 Å². The zero-order chi connectivity index (χ0) is 20.7. The molecule has 2 aromatic heterocycles. The van der Waals surface area contributed by atoms with Crippen molar-refractivity contribution in [3.63, 3.8) is 0 Å². The minimum absolute atomic E-state index is 0.0330. The van der Waals surface area contributed by atoms with Gasteiger partial charge in [-0.2, -0.15) is 31.4 Å². The number of hydrogen-bond donors (Lipinski definition) is 0. The molecule has 0 amide bonds. The first-order chi connectivity index (χ1) is 13.0. The molecule has 0 bridgehead atoms. The molecule has 12 heteroatoms. The molecule has 0 radical (unpaired) electrons. The molecule has 0 aliphatic heterocycles. The van der Waals surface area contributed by atoms with Gasteiger partial charge in [0.05, 0.1) is 33.4 Å². The highest BCUT2D eigenvalue weighted by molar-refractivity contribution is 6.32. The lowest BCUT2D eigenvalue weighted by atomic mass is 10.2. The maximum absolute atomic E-state index is 13.2. The van der Waals surface area contributed by atoms with Crippen LogP contribution in [0, 0.1) is 0 Å². The van der Waals surface area contributed by atoms with Gasteiger partial charge in [-0.1, -0.05) is 23.2 Å². The van der Waals surface area contributed by atoms with Crippen LogP contribution >= 0.6 is 23.2 Å². The molecule has 148 valence electrons. The van der Waals surface area contributed by atoms with Crippen molar-refractivity contribution < 1.29 is 26.3 Å². The number of aromatic nitrogens is 4. The quantitative estimate of drug-likeness (QED) is 0.498. The third-order valence-electron chi connectivity index (χ3n) is 3.62. The van der Waals surface area contributed by atoms with Crippen LogP contribution in [0.15, 0.2) is 36.7 Å². The van der Waals surface area contributed by atoms with Gasteiger partial charge < -0.3 is 0 Å². The van der Waals surface area contributed by atoms with Crippen LogP contribution in [0.4, 0.5) is 26.3 Å². The fourth-order valence-electron chi connectivity index (χ4n) is 2.35. The smallest absolute Gasteiger partial charge is 0.239 e. The number of benzene rings is 1. The van der Waals surface area contributed by atoms with Gasteiger partial charge >= 0.3 is 12.4 Å². The van der Waals surface area contributed by atoms with E-state index in [0.29, 0.717) is 0 Å². The molecule has 0 spiro atoms. The molecule has 0 unspecified atom stereocenters. The molecular weight excluding hydrogens is 433 g/mol. The Hall–Kier alpha value is -2.33. The normalized spacial score (nSPS) is 12.4. The molecule has 0 aliphatic carbocycles. The lowest BCUT2D eigenvalue weighted by Gasteiger charge is -2.10. The van der Waals surface area contributed by atoms with E-state index in [0.717, 1.165) is 28.9 Å². The minimum Gasteiger partial charge on any atom is -0.239 e. The summed E-state index contributed by atoms with van der Waals surface area (Å²) in [5, 5.41) is 2.99. The van der Waals surface area contributed by atoms with Gasteiger partial charge in [-0.3, -0.25) is 0 Å². The molecule has 3 aromatic rings. The first-order valence-corrected chi connectivity index (χ1v) is 8.21. The maximum atomic E-state index is 13.2. The van der Waals surface area contributed by atoms with Gasteiger partial charge in [0.1, 0.15) is 5.82 Å². The summed E-state index contributed by atoms with van der Waals surface area (Å²) >= 11 is 11.6. The van der Waals surface area contributed by atoms with Gasteiger partial charge in [-0.05, 0) is 24.3 Å². The lowest BCUT2D eigenvalue weighted by Crippen LogP contribution is -2.09. The summed E-state index contributed by atoms with van der Waals surface area (Å²) in [5.74, 6) is 0.105. The van der Waals surface area contributed by atoms with E-state index in [2.05, 4.69) is 15.1 Å². The summed E-state index contributed by atoms with van der Waals surface area (Å²) in [7, 11) is 0. The summed E-state index contributed by atoms with van der Waals surface area (Å²) in [4.78, 5) is 7.79. The van der Waals surface area contributed by atoms with E-state index in [4.69, 9.17) is 23.2 Å². The van der Waals surface area contributed by atoms with Gasteiger partial charge in [0.25, 0.3) is 0 Å². The van der Waals surface area contributed by atoms with Crippen molar-refractivity contribution in [3.8, 4) is 5.69 Å². The van der Waals surface area contributed by atoms with E-state index in [1.54, 1.807) is 0 Å². The lowest BCUT2D eigenvalue weighted by molar-refractivity contribution is -0.141. The van der Waals surface area contributed by atoms with Gasteiger partial charge in [0.15, 0.2) is 5.69 Å². The number of rotatable bonds is 3. The maximum Gasteiger partial charge on any atom is 0.436 e. The van der Waals surface area contributed by atoms with Crippen LogP contribution in [0.2, 0.25) is 10.0 Å². The Morgan fingerprint density at radius 2 is 1.43 bits per heavy atom. The third-order valence-corrected chi connectivity index (χ3v) is 4.22. The van der Waals surface area contributed by atoms with Crippen LogP contribution in [0.1, 0.15) is 22.8 Å². The van der Waals surface area contributed by atoms with Crippen LogP contribution in [-0.2, 0) is 18.8 Å². The summed E-state index contributed by atoms with van der Waals surface area (Å²) in [6, 6.07) is 3.47. The molecule has 4 nitrogen and oxygen atoms in total. The SMILES string of the molecule is FC(F)(F)c1ccc(-n2nc(C(F)(F)F)c(Cl)c2Cc2ncc(Cl)cn2)cc1. The largest absolute Gasteiger partial charge is 0.436 e. The number of nitrogens with zero attached hydrogens (tertiary/aromatic N) is 4. The van der Waals surface area contributed by atoms with E-state index in [1.165, 1.54) is 12.4 Å². The topological polar surface area (TPSA) is 43.6 Å². The molecule has 1 aromatic carbocycles. The third kappa shape index (κ3) is 4.22. The summed E-state index contributed by atoms with van der Waals surface area (Å²) < 4.78 is 78.6. The van der Waals surface area contributed by atoms with E-state index in [-0.39, 0.29) is 28.6 Å². The average molecular weight is 441 g/mol. The molecule has 0 saturated heterocycles. The molecule has 0 aliphatic rings. The van der Waals surface area contributed by atoms with Gasteiger partial charge in [-0.25, -0.2) is 14.6 Å². The van der Waals surface area contributed by atoms with Gasteiger partial charge in [-0.15, -0.1) is 0 Å². The average Bonchev–Trinajstić information content (AvgIpc) is 2.93. The molecule has 0 fully saturated rings. The van der Waals surface area contributed by atoms with Crippen molar-refractivity contribution in [3.05, 3.63) is 69.5 Å². The second-order valence-corrected chi connectivity index (χ2v) is 6.37. The number of alkyl halides is 6. The van der Waals surface area contributed by atoms with E-state index >= 15 is 0 Å². The van der Waals surface area contributed by atoms with Crippen molar-refractivity contribution in [1.29, 1.82) is 0 Å². The first-order valence-electron chi connectivity index (χ1n) is 7.45. The monoisotopic (exact) mass is 440 g/mol. The van der Waals surface area contributed by atoms with Gasteiger partial charge in [0.2, 0.25) is 0 Å². The van der Waals surface area contributed by atoms with Crippen LogP contribution in [0.25, 0.3) is 5.69 Å². The molecule has 3 rings (SSSR count). The first kappa shape index (κ1) is 20.4. The molecular formula is C16H8Cl2F6N4. The molecule has 0 N–H and O–H groups in total. The zero-order valence-electron chi connectivity index (χ0n) is 13.5. The van der Waals surface area contributed by atoms with Crippen LogP contribution in [-0.4, -0.2) is 19.7 Å². The predicted molar refractivity (Wildman–Crippen MR) is 88.4 cm³/mol. The van der Waals surface area contributed by atoms with Crippen LogP contribution in [0.5, 0.6) is 0 Å². The molecule has 2 heterocycles. The fourth-order valence-corrected chi connectivity index (χ4v) is 2.74. The van der Waals surface area contributed by atoms with Crippen molar-refractivity contribution >= 4 is 23.2 Å². The Morgan fingerprint density at radius 1 is 0.857 bits per heavy atom. The number of hydrogen-bond acceptors (Lipinski definition) is 3. The standard InChI is InChI=1S/C16H8Cl2F6N4/c17-9-6-25-12(26-7-9)5-11-13(18)14(16(22,23)24)27-28(11)10-3-1-8(2-4-10)15(19,20)21/h1-4,6-7H,5H2. The Balaban J connectivity index is 2.10. The Labute approximate surface area is 163 Å². The van der Waals surface area contributed by atoms with Crippen molar-refractivity contribution in [2.24, 2.45) is 0 Å². The highest BCUT2D eigenvalue weighted by Crippen LogP contribution is 2.37. The van der Waals surface area contributed by atoms with Crippen LogP contribution in [0.3, 0.4) is 0 Å². The van der Waals surface area contributed by atoms with Crippen LogP contribution < -0.4 is 0 Å². The summed E-state index contributed by atoms with van der Waals surface area (Å²) in [6.45, 7) is 0. The highest BCUT2D eigenvalue weighted by Gasteiger charge is 2.39. The highest BCUT2D eigenvalue weighted by atomic mass is 35.5. The second-order valence-electron chi connectivity index (χ2n) is 5.56. The van der Waals surface area contributed by atoms with Crippen molar-refractivity contribution in [2.45, 2.75) is 18.8 Å². The van der Waals surface area contributed by atoms with E-state index < -0.39 is 28.6 Å². The molecule has 0 atom stereocenters. The van der Waals surface area contributed by atoms with Crippen molar-refractivity contribution in [2.75, 3.05) is 0 Å². The second kappa shape index (κ2) is 7.25. The minimum atomic E-state index is -4.86. The molecule has 0 saturated carbocycles. The fraction of sp³-hybridized carbons (Fsp3) is 0.188.